The van der Waals surface area contributed by atoms with Gasteiger partial charge in [0.15, 0.2) is 0 Å². The van der Waals surface area contributed by atoms with Crippen LogP contribution in [0, 0.1) is 11.8 Å². The van der Waals surface area contributed by atoms with E-state index >= 15 is 0 Å². The Kier molecular flexibility index (Phi) is 7.54. The van der Waals surface area contributed by atoms with Gasteiger partial charge in [0.1, 0.15) is 0 Å². The summed E-state index contributed by atoms with van der Waals surface area (Å²) in [6.45, 7) is 8.77. The molecule has 0 aliphatic carbocycles. The summed E-state index contributed by atoms with van der Waals surface area (Å²) in [7, 11) is 0. The Morgan fingerprint density at radius 1 is 1.29 bits per heavy atom. The smallest absolute Gasteiger partial charge is 0.302 e. The van der Waals surface area contributed by atoms with Gasteiger partial charge in [0, 0.05) is 6.92 Å². The van der Waals surface area contributed by atoms with Gasteiger partial charge in [-0.1, -0.05) is 40.0 Å². The zero-order chi connectivity index (χ0) is 11.0. The molecular weight excluding hydrogens is 176 g/mol. The molecule has 2 heteroatoms. The summed E-state index contributed by atoms with van der Waals surface area (Å²) in [6.07, 6.45) is 4.69. The molecular formula is C12H24O2. The average molecular weight is 200 g/mol. The van der Waals surface area contributed by atoms with Gasteiger partial charge in [-0.2, -0.15) is 0 Å². The van der Waals surface area contributed by atoms with Gasteiger partial charge in [0.05, 0.1) is 6.61 Å². The predicted octanol–water partition coefficient (Wildman–Crippen LogP) is 3.40. The zero-order valence-corrected chi connectivity index (χ0v) is 10.0. The second kappa shape index (κ2) is 7.84. The van der Waals surface area contributed by atoms with E-state index in [0.29, 0.717) is 12.5 Å². The van der Waals surface area contributed by atoms with Gasteiger partial charge in [-0.05, 0) is 18.3 Å². The standard InChI is InChI=1S/C12H24O2/c1-5-7-12(10(3)6-2)8-9-14-11(4)13/h10,12H,5-9H2,1-4H3. The van der Waals surface area contributed by atoms with E-state index in [1.165, 1.54) is 26.2 Å². The first-order valence-electron chi connectivity index (χ1n) is 5.75. The van der Waals surface area contributed by atoms with E-state index in [2.05, 4.69) is 20.8 Å². The van der Waals surface area contributed by atoms with E-state index in [-0.39, 0.29) is 5.97 Å². The summed E-state index contributed by atoms with van der Waals surface area (Å²) in [4.78, 5) is 10.6. The molecule has 0 aromatic heterocycles. The van der Waals surface area contributed by atoms with E-state index in [1.807, 2.05) is 0 Å². The molecule has 2 atom stereocenters. The van der Waals surface area contributed by atoms with Crippen LogP contribution in [0.25, 0.3) is 0 Å². The van der Waals surface area contributed by atoms with E-state index in [4.69, 9.17) is 4.74 Å². The van der Waals surface area contributed by atoms with Crippen molar-refractivity contribution >= 4 is 5.97 Å². The Balaban J connectivity index is 3.78. The normalized spacial score (nSPS) is 14.9. The van der Waals surface area contributed by atoms with Crippen LogP contribution in [-0.4, -0.2) is 12.6 Å². The third kappa shape index (κ3) is 6.01. The second-order valence-electron chi connectivity index (χ2n) is 4.06. The van der Waals surface area contributed by atoms with E-state index in [9.17, 15) is 4.79 Å². The molecule has 0 aromatic carbocycles. The van der Waals surface area contributed by atoms with Crippen molar-refractivity contribution in [3.05, 3.63) is 0 Å². The Morgan fingerprint density at radius 3 is 2.36 bits per heavy atom. The van der Waals surface area contributed by atoms with Gasteiger partial charge in [-0.3, -0.25) is 4.79 Å². The third-order valence-corrected chi connectivity index (χ3v) is 2.90. The molecule has 0 heterocycles. The number of hydrogen-bond acceptors (Lipinski definition) is 2. The molecule has 0 bridgehead atoms. The third-order valence-electron chi connectivity index (χ3n) is 2.90. The van der Waals surface area contributed by atoms with Crippen LogP contribution < -0.4 is 0 Å². The fourth-order valence-electron chi connectivity index (χ4n) is 1.77. The molecule has 0 N–H and O–H groups in total. The van der Waals surface area contributed by atoms with Crippen LogP contribution in [0.3, 0.4) is 0 Å². The number of carbonyl (C=O) groups excluding carboxylic acids is 1. The minimum atomic E-state index is -0.163. The first kappa shape index (κ1) is 13.5. The molecule has 0 saturated heterocycles. The number of hydrogen-bond donors (Lipinski definition) is 0. The maximum absolute atomic E-state index is 10.6. The van der Waals surface area contributed by atoms with Crippen molar-refractivity contribution in [3.63, 3.8) is 0 Å². The molecule has 0 fully saturated rings. The van der Waals surface area contributed by atoms with E-state index in [0.717, 1.165) is 12.3 Å². The monoisotopic (exact) mass is 200 g/mol. The van der Waals surface area contributed by atoms with Crippen LogP contribution in [0.5, 0.6) is 0 Å². The fourth-order valence-corrected chi connectivity index (χ4v) is 1.77. The number of rotatable bonds is 7. The minimum Gasteiger partial charge on any atom is -0.466 e. The predicted molar refractivity (Wildman–Crippen MR) is 59.1 cm³/mol. The fraction of sp³-hybridized carbons (Fsp3) is 0.917. The topological polar surface area (TPSA) is 26.3 Å². The molecule has 2 nitrogen and oxygen atoms in total. The van der Waals surface area contributed by atoms with Gasteiger partial charge in [-0.25, -0.2) is 0 Å². The van der Waals surface area contributed by atoms with Crippen LogP contribution in [0.15, 0.2) is 0 Å². The van der Waals surface area contributed by atoms with Crippen molar-refractivity contribution < 1.29 is 9.53 Å². The highest BCUT2D eigenvalue weighted by Gasteiger charge is 2.14. The van der Waals surface area contributed by atoms with Crippen molar-refractivity contribution in [3.8, 4) is 0 Å². The summed E-state index contributed by atoms with van der Waals surface area (Å²) in [5, 5.41) is 0. The first-order valence-corrected chi connectivity index (χ1v) is 5.75. The largest absolute Gasteiger partial charge is 0.466 e. The highest BCUT2D eigenvalue weighted by atomic mass is 16.5. The molecule has 0 aliphatic heterocycles. The van der Waals surface area contributed by atoms with Gasteiger partial charge in [0.25, 0.3) is 0 Å². The molecule has 14 heavy (non-hydrogen) atoms. The number of ether oxygens (including phenoxy) is 1. The number of carbonyl (C=O) groups is 1. The zero-order valence-electron chi connectivity index (χ0n) is 10.0. The summed E-state index contributed by atoms with van der Waals surface area (Å²) in [6, 6.07) is 0. The second-order valence-corrected chi connectivity index (χ2v) is 4.06. The molecule has 0 aromatic rings. The van der Waals surface area contributed by atoms with Crippen molar-refractivity contribution in [2.45, 2.75) is 53.4 Å². The lowest BCUT2D eigenvalue weighted by molar-refractivity contribution is -0.141. The lowest BCUT2D eigenvalue weighted by atomic mass is 9.86. The molecule has 0 aliphatic rings. The summed E-state index contributed by atoms with van der Waals surface area (Å²) in [5.74, 6) is 1.29. The van der Waals surface area contributed by atoms with Crippen molar-refractivity contribution in [2.24, 2.45) is 11.8 Å². The van der Waals surface area contributed by atoms with Crippen molar-refractivity contribution in [1.29, 1.82) is 0 Å². The Labute approximate surface area is 88.0 Å². The maximum Gasteiger partial charge on any atom is 0.302 e. The lowest BCUT2D eigenvalue weighted by Gasteiger charge is -2.22. The molecule has 0 radical (unpaired) electrons. The Morgan fingerprint density at radius 2 is 1.93 bits per heavy atom. The van der Waals surface area contributed by atoms with Gasteiger partial charge < -0.3 is 4.74 Å². The van der Waals surface area contributed by atoms with E-state index < -0.39 is 0 Å². The summed E-state index contributed by atoms with van der Waals surface area (Å²) < 4.78 is 4.97. The molecule has 0 amide bonds. The van der Waals surface area contributed by atoms with Gasteiger partial charge >= 0.3 is 5.97 Å². The van der Waals surface area contributed by atoms with Crippen LogP contribution >= 0.6 is 0 Å². The Hall–Kier alpha value is -0.530. The molecule has 2 unspecified atom stereocenters. The number of esters is 1. The maximum atomic E-state index is 10.6. The van der Waals surface area contributed by atoms with Gasteiger partial charge in [-0.15, -0.1) is 0 Å². The first-order chi connectivity index (χ1) is 6.61. The van der Waals surface area contributed by atoms with Crippen molar-refractivity contribution in [2.75, 3.05) is 6.61 Å². The minimum absolute atomic E-state index is 0.163. The highest BCUT2D eigenvalue weighted by molar-refractivity contribution is 5.65. The quantitative estimate of drug-likeness (QED) is 0.589. The molecule has 0 rings (SSSR count). The lowest BCUT2D eigenvalue weighted by Crippen LogP contribution is -2.14. The molecule has 84 valence electrons. The SMILES string of the molecule is CCCC(CCOC(C)=O)C(C)CC. The van der Waals surface area contributed by atoms with Crippen molar-refractivity contribution in [1.82, 2.24) is 0 Å². The average Bonchev–Trinajstić information content (AvgIpc) is 2.15. The van der Waals surface area contributed by atoms with Crippen LogP contribution in [0.2, 0.25) is 0 Å². The molecule has 0 spiro atoms. The van der Waals surface area contributed by atoms with Crippen LogP contribution in [0.4, 0.5) is 0 Å². The summed E-state index contributed by atoms with van der Waals surface area (Å²) >= 11 is 0. The van der Waals surface area contributed by atoms with Crippen LogP contribution in [-0.2, 0) is 9.53 Å². The van der Waals surface area contributed by atoms with Crippen LogP contribution in [0.1, 0.15) is 53.4 Å². The highest BCUT2D eigenvalue weighted by Crippen LogP contribution is 2.23. The van der Waals surface area contributed by atoms with Gasteiger partial charge in [0.2, 0.25) is 0 Å². The summed E-state index contributed by atoms with van der Waals surface area (Å²) in [5.41, 5.74) is 0. The van der Waals surface area contributed by atoms with E-state index in [1.54, 1.807) is 0 Å². The molecule has 0 saturated carbocycles. The Bertz CT molecular complexity index is 154.